The number of carbonyl (C=O) groups is 1. The molecular formula is C22H23N5O2S3. The molecule has 0 aliphatic heterocycles. The molecule has 0 bridgehead atoms. The van der Waals surface area contributed by atoms with Crippen molar-refractivity contribution >= 4 is 56.2 Å². The molecule has 0 spiro atoms. The molecule has 0 radical (unpaired) electrons. The van der Waals surface area contributed by atoms with Crippen molar-refractivity contribution in [1.82, 2.24) is 19.7 Å². The minimum Gasteiger partial charge on any atom is -0.320 e. The molecule has 0 aliphatic rings. The maximum atomic E-state index is 13.2. The summed E-state index contributed by atoms with van der Waals surface area (Å²) >= 11 is 4.22. The van der Waals surface area contributed by atoms with Crippen LogP contribution >= 0.6 is 34.4 Å². The number of aryl methyl sites for hydroxylation is 3. The average Bonchev–Trinajstić information content (AvgIpc) is 3.32. The number of benzene rings is 1. The van der Waals surface area contributed by atoms with E-state index in [2.05, 4.69) is 15.5 Å². The normalized spacial score (nSPS) is 11.4. The first kappa shape index (κ1) is 22.6. The van der Waals surface area contributed by atoms with Gasteiger partial charge in [-0.3, -0.25) is 14.2 Å². The summed E-state index contributed by atoms with van der Waals surface area (Å²) in [6, 6.07) is 7.56. The smallest absolute Gasteiger partial charge is 0.286 e. The third kappa shape index (κ3) is 4.48. The Morgan fingerprint density at radius 2 is 1.84 bits per heavy atom. The van der Waals surface area contributed by atoms with Gasteiger partial charge in [-0.25, -0.2) is 4.98 Å². The first-order chi connectivity index (χ1) is 15.2. The lowest BCUT2D eigenvalue weighted by atomic mass is 10.2. The third-order valence-corrected chi connectivity index (χ3v) is 8.18. The molecule has 7 nitrogen and oxygen atoms in total. The lowest BCUT2D eigenvalue weighted by Gasteiger charge is -2.14. The molecule has 166 valence electrons. The van der Waals surface area contributed by atoms with Crippen molar-refractivity contribution in [3.05, 3.63) is 60.6 Å². The highest BCUT2D eigenvalue weighted by Gasteiger charge is 2.19. The van der Waals surface area contributed by atoms with Gasteiger partial charge >= 0.3 is 0 Å². The van der Waals surface area contributed by atoms with Crippen LogP contribution < -0.4 is 10.9 Å². The molecule has 32 heavy (non-hydrogen) atoms. The summed E-state index contributed by atoms with van der Waals surface area (Å²) < 4.78 is 1.73. The zero-order valence-corrected chi connectivity index (χ0v) is 20.9. The van der Waals surface area contributed by atoms with Crippen molar-refractivity contribution in [1.29, 1.82) is 0 Å². The Balaban J connectivity index is 1.53. The Morgan fingerprint density at radius 1 is 1.12 bits per heavy atom. The first-order valence-electron chi connectivity index (χ1n) is 10.1. The van der Waals surface area contributed by atoms with Gasteiger partial charge in [-0.2, -0.15) is 0 Å². The number of aromatic nitrogens is 4. The Hall–Kier alpha value is -2.56. The van der Waals surface area contributed by atoms with Gasteiger partial charge in [0.2, 0.25) is 5.01 Å². The number of carbonyl (C=O) groups excluding carboxylic acids is 1. The van der Waals surface area contributed by atoms with Gasteiger partial charge in [0, 0.05) is 16.6 Å². The van der Waals surface area contributed by atoms with Gasteiger partial charge in [0.25, 0.3) is 11.5 Å². The maximum absolute atomic E-state index is 13.2. The molecule has 4 rings (SSSR count). The predicted octanol–water partition coefficient (Wildman–Crippen LogP) is 5.36. The molecule has 0 saturated carbocycles. The maximum Gasteiger partial charge on any atom is 0.286 e. The minimum absolute atomic E-state index is 0.00946. The number of rotatable bonds is 6. The predicted molar refractivity (Wildman–Crippen MR) is 132 cm³/mol. The Morgan fingerprint density at radius 3 is 2.53 bits per heavy atom. The summed E-state index contributed by atoms with van der Waals surface area (Å²) in [4.78, 5) is 32.3. The van der Waals surface area contributed by atoms with Gasteiger partial charge in [-0.05, 0) is 52.3 Å². The van der Waals surface area contributed by atoms with Gasteiger partial charge in [-0.15, -0.1) is 21.5 Å². The van der Waals surface area contributed by atoms with E-state index < -0.39 is 0 Å². The molecule has 0 atom stereocenters. The van der Waals surface area contributed by atoms with Crippen LogP contribution in [-0.4, -0.2) is 25.7 Å². The van der Waals surface area contributed by atoms with Crippen LogP contribution in [-0.2, 0) is 5.75 Å². The fourth-order valence-electron chi connectivity index (χ4n) is 3.20. The van der Waals surface area contributed by atoms with Crippen LogP contribution in [0.5, 0.6) is 0 Å². The molecule has 1 aromatic carbocycles. The van der Waals surface area contributed by atoms with Crippen LogP contribution in [0.1, 0.15) is 50.7 Å². The molecule has 0 fully saturated rings. The molecule has 3 aromatic heterocycles. The number of thioether (sulfide) groups is 1. The van der Waals surface area contributed by atoms with Gasteiger partial charge in [0.05, 0.1) is 11.1 Å². The lowest BCUT2D eigenvalue weighted by Crippen LogP contribution is -2.24. The number of nitrogens with one attached hydrogen (secondary N) is 1. The second kappa shape index (κ2) is 9.13. The molecule has 3 heterocycles. The van der Waals surface area contributed by atoms with E-state index in [9.17, 15) is 9.59 Å². The largest absolute Gasteiger partial charge is 0.320 e. The number of anilines is 1. The summed E-state index contributed by atoms with van der Waals surface area (Å²) in [5, 5.41) is 13.4. The van der Waals surface area contributed by atoms with E-state index in [1.165, 1.54) is 23.1 Å². The zero-order valence-electron chi connectivity index (χ0n) is 18.4. The third-order valence-electron chi connectivity index (χ3n) is 5.01. The van der Waals surface area contributed by atoms with Crippen molar-refractivity contribution < 1.29 is 4.79 Å². The molecular weight excluding hydrogens is 462 g/mol. The number of amides is 1. The van der Waals surface area contributed by atoms with Crippen molar-refractivity contribution in [2.45, 2.75) is 51.6 Å². The zero-order chi connectivity index (χ0) is 23.0. The highest BCUT2D eigenvalue weighted by molar-refractivity contribution is 7.98. The highest BCUT2D eigenvalue weighted by atomic mass is 32.2. The van der Waals surface area contributed by atoms with Crippen molar-refractivity contribution in [3.63, 3.8) is 0 Å². The topological polar surface area (TPSA) is 89.8 Å². The SMILES string of the molecule is Cc1ccc(NC(=O)c2nnc(CSc3nc4sc(C)c(C)c4c(=O)n3C(C)C)s2)cc1. The summed E-state index contributed by atoms with van der Waals surface area (Å²) in [7, 11) is 0. The number of fused-ring (bicyclic) bond motifs is 1. The van der Waals surface area contributed by atoms with E-state index in [1.807, 2.05) is 58.9 Å². The van der Waals surface area contributed by atoms with E-state index in [0.29, 0.717) is 32.0 Å². The van der Waals surface area contributed by atoms with E-state index in [4.69, 9.17) is 4.98 Å². The number of hydrogen-bond donors (Lipinski definition) is 1. The fraction of sp³-hybridized carbons (Fsp3) is 0.318. The molecule has 1 amide bonds. The van der Waals surface area contributed by atoms with Crippen LogP contribution in [0.3, 0.4) is 0 Å². The fourth-order valence-corrected chi connectivity index (χ4v) is 6.12. The summed E-state index contributed by atoms with van der Waals surface area (Å²) in [5.74, 6) is 0.189. The van der Waals surface area contributed by atoms with Crippen LogP contribution in [0.2, 0.25) is 0 Å². The second-order valence-electron chi connectivity index (χ2n) is 7.74. The molecule has 1 N–H and O–H groups in total. The molecule has 0 aliphatic carbocycles. The van der Waals surface area contributed by atoms with Gasteiger partial charge in [0.1, 0.15) is 9.84 Å². The van der Waals surface area contributed by atoms with Crippen LogP contribution in [0.4, 0.5) is 5.69 Å². The Labute approximate surface area is 197 Å². The summed E-state index contributed by atoms with van der Waals surface area (Å²) in [6.45, 7) is 9.93. The lowest BCUT2D eigenvalue weighted by molar-refractivity contribution is 0.102. The van der Waals surface area contributed by atoms with Crippen molar-refractivity contribution in [2.24, 2.45) is 0 Å². The number of thiophene rings is 1. The summed E-state index contributed by atoms with van der Waals surface area (Å²) in [5.41, 5.74) is 2.83. The highest BCUT2D eigenvalue weighted by Crippen LogP contribution is 2.31. The quantitative estimate of drug-likeness (QED) is 0.292. The van der Waals surface area contributed by atoms with Crippen LogP contribution in [0.15, 0.2) is 34.2 Å². The first-order valence-corrected chi connectivity index (χ1v) is 12.7. The second-order valence-corrected chi connectivity index (χ2v) is 10.9. The number of nitrogens with zero attached hydrogens (tertiary/aromatic N) is 4. The van der Waals surface area contributed by atoms with E-state index in [0.717, 1.165) is 20.8 Å². The molecule has 4 aromatic rings. The Kier molecular flexibility index (Phi) is 6.45. The monoisotopic (exact) mass is 485 g/mol. The molecule has 0 unspecified atom stereocenters. The van der Waals surface area contributed by atoms with Gasteiger partial charge in [-0.1, -0.05) is 40.8 Å². The van der Waals surface area contributed by atoms with E-state index in [-0.39, 0.29) is 17.5 Å². The average molecular weight is 486 g/mol. The molecule has 0 saturated heterocycles. The standard InChI is InChI=1S/C22H23N5O2S3/c1-11(2)27-21(29)17-13(4)14(5)31-19(17)24-22(27)30-10-16-25-26-20(32-16)18(28)23-15-8-6-12(3)7-9-15/h6-9,11H,10H2,1-5H3,(H,23,28). The van der Waals surface area contributed by atoms with Crippen molar-refractivity contribution in [3.8, 4) is 0 Å². The van der Waals surface area contributed by atoms with Gasteiger partial charge in [0.15, 0.2) is 5.16 Å². The van der Waals surface area contributed by atoms with Crippen molar-refractivity contribution in [2.75, 3.05) is 5.32 Å². The molecule has 10 heteroatoms. The number of hydrogen-bond acceptors (Lipinski definition) is 8. The van der Waals surface area contributed by atoms with Crippen LogP contribution in [0, 0.1) is 20.8 Å². The Bertz CT molecular complexity index is 1350. The summed E-state index contributed by atoms with van der Waals surface area (Å²) in [6.07, 6.45) is 0. The van der Waals surface area contributed by atoms with E-state index in [1.54, 1.807) is 15.9 Å². The van der Waals surface area contributed by atoms with E-state index >= 15 is 0 Å². The van der Waals surface area contributed by atoms with Crippen LogP contribution in [0.25, 0.3) is 10.2 Å². The minimum atomic E-state index is -0.286. The van der Waals surface area contributed by atoms with Gasteiger partial charge < -0.3 is 5.32 Å².